The van der Waals surface area contributed by atoms with Crippen molar-refractivity contribution in [2.24, 2.45) is 0 Å². The fourth-order valence-electron chi connectivity index (χ4n) is 7.18. The van der Waals surface area contributed by atoms with Gasteiger partial charge in [-0.15, -0.1) is 0 Å². The number of esters is 3. The van der Waals surface area contributed by atoms with Gasteiger partial charge in [0.1, 0.15) is 13.2 Å². The average molecular weight is 891 g/mol. The number of rotatable bonds is 47. The molecular weight excluding hydrogens is 793 g/mol. The van der Waals surface area contributed by atoms with E-state index in [1.807, 2.05) is 0 Å². The molecule has 366 valence electrons. The van der Waals surface area contributed by atoms with Crippen molar-refractivity contribution in [3.63, 3.8) is 0 Å². The molecule has 6 heteroatoms. The summed E-state index contributed by atoms with van der Waals surface area (Å²) in [6.45, 7) is 6.52. The van der Waals surface area contributed by atoms with Gasteiger partial charge in [-0.3, -0.25) is 14.4 Å². The van der Waals surface area contributed by atoms with E-state index in [0.29, 0.717) is 19.3 Å². The third-order valence-corrected chi connectivity index (χ3v) is 11.2. The topological polar surface area (TPSA) is 78.9 Å². The lowest BCUT2D eigenvalue weighted by atomic mass is 10.1. The Hall–Kier alpha value is -3.41. The predicted molar refractivity (Wildman–Crippen MR) is 274 cm³/mol. The molecule has 64 heavy (non-hydrogen) atoms. The Morgan fingerprint density at radius 3 is 1.09 bits per heavy atom. The Bertz CT molecular complexity index is 1250. The lowest BCUT2D eigenvalue weighted by Gasteiger charge is -2.18. The summed E-state index contributed by atoms with van der Waals surface area (Å²) in [4.78, 5) is 38.0. The Morgan fingerprint density at radius 1 is 0.328 bits per heavy atom. The molecule has 0 aromatic rings. The quantitative estimate of drug-likeness (QED) is 0.0199. The van der Waals surface area contributed by atoms with Crippen molar-refractivity contribution in [3.05, 3.63) is 85.1 Å². The summed E-state index contributed by atoms with van der Waals surface area (Å²) >= 11 is 0. The first kappa shape index (κ1) is 60.6. The molecule has 0 aromatic heterocycles. The standard InChI is InChI=1S/C58H98O6/c1-4-7-10-13-16-19-22-24-26-28-30-31-33-36-39-42-45-48-51-57(60)63-54-55(53-62-56(59)50-47-44-41-38-35-21-18-15-12-9-6-3)64-58(61)52-49-46-43-40-37-34-32-29-27-25-23-20-17-14-11-8-5-2/h16,19,22,24-28,30-32,34,40,43,55H,4-15,17-18,20-21,23,29,33,35-39,41-42,44-54H2,1-3H3/b19-16-,24-22-,27-25-,28-26-,31-30-,34-32-,43-40-. The predicted octanol–water partition coefficient (Wildman–Crippen LogP) is 17.6. The van der Waals surface area contributed by atoms with Crippen molar-refractivity contribution in [2.45, 2.75) is 252 Å². The highest BCUT2D eigenvalue weighted by atomic mass is 16.6. The highest BCUT2D eigenvalue weighted by Crippen LogP contribution is 2.14. The Kier molecular flexibility index (Phi) is 49.4. The maximum absolute atomic E-state index is 12.8. The molecular formula is C58H98O6. The van der Waals surface area contributed by atoms with Crippen LogP contribution in [0.15, 0.2) is 85.1 Å². The van der Waals surface area contributed by atoms with E-state index in [-0.39, 0.29) is 37.5 Å². The summed E-state index contributed by atoms with van der Waals surface area (Å²) < 4.78 is 16.7. The summed E-state index contributed by atoms with van der Waals surface area (Å²) in [6.07, 6.45) is 67.1. The van der Waals surface area contributed by atoms with E-state index in [4.69, 9.17) is 14.2 Å². The molecule has 1 atom stereocenters. The second-order valence-corrected chi connectivity index (χ2v) is 17.5. The molecule has 0 aliphatic rings. The summed E-state index contributed by atoms with van der Waals surface area (Å²) in [6, 6.07) is 0. The van der Waals surface area contributed by atoms with Crippen molar-refractivity contribution in [1.29, 1.82) is 0 Å². The summed E-state index contributed by atoms with van der Waals surface area (Å²) in [5.74, 6) is -0.980. The zero-order chi connectivity index (χ0) is 46.5. The van der Waals surface area contributed by atoms with E-state index in [1.54, 1.807) is 0 Å². The van der Waals surface area contributed by atoms with Gasteiger partial charge in [-0.1, -0.05) is 234 Å². The molecule has 0 saturated heterocycles. The van der Waals surface area contributed by atoms with Crippen LogP contribution in [0.25, 0.3) is 0 Å². The van der Waals surface area contributed by atoms with Crippen molar-refractivity contribution in [3.8, 4) is 0 Å². The second kappa shape index (κ2) is 52.2. The highest BCUT2D eigenvalue weighted by Gasteiger charge is 2.19. The Morgan fingerprint density at radius 2 is 0.641 bits per heavy atom. The number of carbonyl (C=O) groups is 3. The first-order chi connectivity index (χ1) is 31.5. The van der Waals surface area contributed by atoms with E-state index >= 15 is 0 Å². The van der Waals surface area contributed by atoms with Gasteiger partial charge in [0.25, 0.3) is 0 Å². The van der Waals surface area contributed by atoms with Gasteiger partial charge in [-0.25, -0.2) is 0 Å². The van der Waals surface area contributed by atoms with Crippen molar-refractivity contribution in [2.75, 3.05) is 13.2 Å². The van der Waals surface area contributed by atoms with E-state index in [9.17, 15) is 14.4 Å². The number of carbonyl (C=O) groups excluding carboxylic acids is 3. The molecule has 0 rings (SSSR count). The van der Waals surface area contributed by atoms with Crippen LogP contribution in [0.1, 0.15) is 245 Å². The monoisotopic (exact) mass is 891 g/mol. The molecule has 0 aromatic carbocycles. The van der Waals surface area contributed by atoms with E-state index < -0.39 is 6.10 Å². The van der Waals surface area contributed by atoms with Crippen LogP contribution in [0.2, 0.25) is 0 Å². The van der Waals surface area contributed by atoms with Gasteiger partial charge < -0.3 is 14.2 Å². The Balaban J connectivity index is 4.50. The van der Waals surface area contributed by atoms with E-state index in [2.05, 4.69) is 106 Å². The molecule has 0 aliphatic carbocycles. The Labute approximate surface area is 395 Å². The average Bonchev–Trinajstić information content (AvgIpc) is 3.29. The molecule has 0 N–H and O–H groups in total. The maximum atomic E-state index is 12.8. The fraction of sp³-hybridized carbons (Fsp3) is 0.707. The maximum Gasteiger partial charge on any atom is 0.306 e. The zero-order valence-electron chi connectivity index (χ0n) is 41.8. The molecule has 0 radical (unpaired) electrons. The van der Waals surface area contributed by atoms with Crippen LogP contribution in [0.5, 0.6) is 0 Å². The molecule has 0 bridgehead atoms. The minimum absolute atomic E-state index is 0.103. The first-order valence-electron chi connectivity index (χ1n) is 26.6. The van der Waals surface area contributed by atoms with Gasteiger partial charge in [-0.2, -0.15) is 0 Å². The van der Waals surface area contributed by atoms with E-state index in [1.165, 1.54) is 116 Å². The molecule has 0 aliphatic heterocycles. The minimum atomic E-state index is -0.811. The first-order valence-corrected chi connectivity index (χ1v) is 26.6. The largest absolute Gasteiger partial charge is 0.462 e. The number of allylic oxidation sites excluding steroid dienone is 14. The number of hydrogen-bond acceptors (Lipinski definition) is 6. The summed E-state index contributed by atoms with van der Waals surface area (Å²) in [5.41, 5.74) is 0. The van der Waals surface area contributed by atoms with Crippen LogP contribution in [-0.4, -0.2) is 37.2 Å². The molecule has 6 nitrogen and oxygen atoms in total. The van der Waals surface area contributed by atoms with Gasteiger partial charge in [0.05, 0.1) is 0 Å². The van der Waals surface area contributed by atoms with Crippen LogP contribution in [0.4, 0.5) is 0 Å². The molecule has 0 fully saturated rings. The molecule has 0 spiro atoms. The SMILES string of the molecule is CCCCC\C=C/C=C\C=C/C=C\CCCCCCCC(=O)OCC(COC(=O)CCCCCCCCCCCCC)OC(=O)CCC/C=C\C/C=C\C/C=C\CCCCCCCC. The van der Waals surface area contributed by atoms with Crippen molar-refractivity contribution in [1.82, 2.24) is 0 Å². The third kappa shape index (κ3) is 49.6. The minimum Gasteiger partial charge on any atom is -0.462 e. The van der Waals surface area contributed by atoms with Gasteiger partial charge in [0, 0.05) is 19.3 Å². The third-order valence-electron chi connectivity index (χ3n) is 11.2. The van der Waals surface area contributed by atoms with E-state index in [0.717, 1.165) is 83.5 Å². The van der Waals surface area contributed by atoms with Crippen molar-refractivity contribution < 1.29 is 28.6 Å². The van der Waals surface area contributed by atoms with Crippen LogP contribution in [0.3, 0.4) is 0 Å². The summed E-state index contributed by atoms with van der Waals surface area (Å²) in [5, 5.41) is 0. The van der Waals surface area contributed by atoms with Gasteiger partial charge in [0.15, 0.2) is 6.10 Å². The number of unbranched alkanes of at least 4 members (excludes halogenated alkanes) is 25. The smallest absolute Gasteiger partial charge is 0.306 e. The molecule has 1 unspecified atom stereocenters. The normalized spacial score (nSPS) is 12.7. The van der Waals surface area contributed by atoms with Crippen LogP contribution < -0.4 is 0 Å². The molecule has 0 amide bonds. The van der Waals surface area contributed by atoms with Crippen molar-refractivity contribution >= 4 is 17.9 Å². The molecule has 0 saturated carbocycles. The lowest BCUT2D eigenvalue weighted by molar-refractivity contribution is -0.167. The zero-order valence-corrected chi connectivity index (χ0v) is 41.8. The highest BCUT2D eigenvalue weighted by molar-refractivity contribution is 5.71. The fourth-order valence-corrected chi connectivity index (χ4v) is 7.18. The molecule has 0 heterocycles. The number of hydrogen-bond donors (Lipinski definition) is 0. The van der Waals surface area contributed by atoms with Gasteiger partial charge in [-0.05, 0) is 77.0 Å². The number of ether oxygens (including phenoxy) is 3. The summed E-state index contributed by atoms with van der Waals surface area (Å²) in [7, 11) is 0. The van der Waals surface area contributed by atoms with Gasteiger partial charge in [0.2, 0.25) is 0 Å². The van der Waals surface area contributed by atoms with Crippen LogP contribution in [0, 0.1) is 0 Å². The van der Waals surface area contributed by atoms with Crippen LogP contribution >= 0.6 is 0 Å². The lowest BCUT2D eigenvalue weighted by Crippen LogP contribution is -2.30. The van der Waals surface area contributed by atoms with Gasteiger partial charge >= 0.3 is 17.9 Å². The second-order valence-electron chi connectivity index (χ2n) is 17.5. The van der Waals surface area contributed by atoms with Crippen LogP contribution in [-0.2, 0) is 28.6 Å².